The standard InChI is InChI=1S/C10H6O2P2/c11-13-9-6-5-7-3-1-2-4-8(7)10(9)14-12/h1-6H. The molecule has 2 nitrogen and oxygen atoms in total. The minimum Gasteiger partial charge on any atom is -0.269 e. The van der Waals surface area contributed by atoms with Crippen molar-refractivity contribution in [1.29, 1.82) is 0 Å². The zero-order chi connectivity index (χ0) is 9.97. The molecular weight excluding hydrogens is 214 g/mol. The Morgan fingerprint density at radius 3 is 2.36 bits per heavy atom. The molecule has 0 saturated carbocycles. The van der Waals surface area contributed by atoms with Gasteiger partial charge in [0.2, 0.25) is 0 Å². The molecule has 68 valence electrons. The van der Waals surface area contributed by atoms with Crippen molar-refractivity contribution in [1.82, 2.24) is 0 Å². The minimum absolute atomic E-state index is 0.0875. The molecular formula is C10H6O2P2. The fraction of sp³-hybridized carbons (Fsp3) is 0. The van der Waals surface area contributed by atoms with E-state index in [0.717, 1.165) is 10.8 Å². The van der Waals surface area contributed by atoms with Crippen LogP contribution >= 0.6 is 16.9 Å². The monoisotopic (exact) mass is 220 g/mol. The van der Waals surface area contributed by atoms with Crippen LogP contribution in [-0.4, -0.2) is 0 Å². The van der Waals surface area contributed by atoms with E-state index in [1.165, 1.54) is 0 Å². The Labute approximate surface area is 84.4 Å². The average Bonchev–Trinajstić information content (AvgIpc) is 2.27. The Kier molecular flexibility index (Phi) is 2.67. The highest BCUT2D eigenvalue weighted by Gasteiger charge is 2.06. The first-order chi connectivity index (χ1) is 6.86. The molecule has 2 rings (SSSR count). The summed E-state index contributed by atoms with van der Waals surface area (Å²) in [5, 5.41) is 3.10. The summed E-state index contributed by atoms with van der Waals surface area (Å²) in [6.45, 7) is 0. The molecule has 0 aromatic heterocycles. The number of benzene rings is 2. The number of fused-ring (bicyclic) bond motifs is 1. The van der Waals surface area contributed by atoms with Crippen molar-refractivity contribution in [2.24, 2.45) is 0 Å². The molecule has 2 aromatic carbocycles. The quantitative estimate of drug-likeness (QED) is 0.729. The second-order valence-electron chi connectivity index (χ2n) is 2.84. The van der Waals surface area contributed by atoms with Gasteiger partial charge in [-0.25, -0.2) is 0 Å². The van der Waals surface area contributed by atoms with Gasteiger partial charge in [0.15, 0.2) is 16.9 Å². The normalized spacial score (nSPS) is 11.1. The molecule has 0 saturated heterocycles. The molecule has 0 heterocycles. The third kappa shape index (κ3) is 1.48. The van der Waals surface area contributed by atoms with E-state index in [2.05, 4.69) is 0 Å². The molecule has 0 spiro atoms. The minimum atomic E-state index is -0.0900. The maximum Gasteiger partial charge on any atom is 0.194 e. The smallest absolute Gasteiger partial charge is 0.194 e. The Morgan fingerprint density at radius 2 is 1.64 bits per heavy atom. The van der Waals surface area contributed by atoms with E-state index in [0.29, 0.717) is 10.6 Å². The summed E-state index contributed by atoms with van der Waals surface area (Å²) >= 11 is 0. The molecule has 0 aliphatic heterocycles. The van der Waals surface area contributed by atoms with Gasteiger partial charge in [-0.05, 0) is 16.8 Å². The van der Waals surface area contributed by atoms with Gasteiger partial charge < -0.3 is 0 Å². The van der Waals surface area contributed by atoms with Crippen molar-refractivity contribution in [2.75, 3.05) is 0 Å². The van der Waals surface area contributed by atoms with Crippen LogP contribution in [0.1, 0.15) is 0 Å². The van der Waals surface area contributed by atoms with Crippen LogP contribution in [0.25, 0.3) is 10.8 Å². The van der Waals surface area contributed by atoms with Crippen molar-refractivity contribution in [3.8, 4) is 0 Å². The van der Waals surface area contributed by atoms with Gasteiger partial charge in [-0.15, -0.1) is 0 Å². The van der Waals surface area contributed by atoms with Crippen molar-refractivity contribution in [3.63, 3.8) is 0 Å². The van der Waals surface area contributed by atoms with Crippen LogP contribution in [0.4, 0.5) is 0 Å². The molecule has 0 aliphatic carbocycles. The summed E-state index contributed by atoms with van der Waals surface area (Å²) < 4.78 is 21.7. The van der Waals surface area contributed by atoms with E-state index in [9.17, 15) is 9.13 Å². The average molecular weight is 220 g/mol. The Hall–Kier alpha value is -1.10. The molecule has 2 aromatic rings. The van der Waals surface area contributed by atoms with Crippen molar-refractivity contribution < 1.29 is 9.13 Å². The lowest BCUT2D eigenvalue weighted by molar-refractivity contribution is 0.601. The van der Waals surface area contributed by atoms with Crippen LogP contribution in [0.3, 0.4) is 0 Å². The van der Waals surface area contributed by atoms with Gasteiger partial charge in [0.1, 0.15) is 0 Å². The lowest BCUT2D eigenvalue weighted by Gasteiger charge is -2.00. The van der Waals surface area contributed by atoms with E-state index in [-0.39, 0.29) is 16.9 Å². The maximum absolute atomic E-state index is 11.0. The Morgan fingerprint density at radius 1 is 0.857 bits per heavy atom. The summed E-state index contributed by atoms with van der Waals surface area (Å²) in [5.74, 6) is 0. The summed E-state index contributed by atoms with van der Waals surface area (Å²) in [6, 6.07) is 11.2. The van der Waals surface area contributed by atoms with E-state index in [1.54, 1.807) is 6.07 Å². The molecule has 0 aliphatic rings. The van der Waals surface area contributed by atoms with Crippen LogP contribution in [0.5, 0.6) is 0 Å². The molecule has 0 radical (unpaired) electrons. The molecule has 14 heavy (non-hydrogen) atoms. The number of rotatable bonds is 2. The predicted molar refractivity (Wildman–Crippen MR) is 58.4 cm³/mol. The van der Waals surface area contributed by atoms with Crippen molar-refractivity contribution >= 4 is 38.3 Å². The number of hydrogen-bond acceptors (Lipinski definition) is 2. The first-order valence-corrected chi connectivity index (χ1v) is 5.68. The molecule has 4 heteroatoms. The topological polar surface area (TPSA) is 34.1 Å². The van der Waals surface area contributed by atoms with Gasteiger partial charge in [-0.1, -0.05) is 30.3 Å². The fourth-order valence-electron chi connectivity index (χ4n) is 1.41. The highest BCUT2D eigenvalue weighted by atomic mass is 31.1. The highest BCUT2D eigenvalue weighted by Crippen LogP contribution is 2.15. The largest absolute Gasteiger partial charge is 0.269 e. The zero-order valence-electron chi connectivity index (χ0n) is 7.18. The molecule has 0 N–H and O–H groups in total. The van der Waals surface area contributed by atoms with Gasteiger partial charge >= 0.3 is 0 Å². The predicted octanol–water partition coefficient (Wildman–Crippen LogP) is 2.67. The van der Waals surface area contributed by atoms with Crippen LogP contribution in [-0.2, 0) is 9.13 Å². The van der Waals surface area contributed by atoms with E-state index < -0.39 is 0 Å². The molecule has 0 amide bonds. The fourth-order valence-corrected chi connectivity index (χ4v) is 2.47. The van der Waals surface area contributed by atoms with Crippen LogP contribution in [0.2, 0.25) is 0 Å². The Balaban J connectivity index is 2.90. The molecule has 0 fully saturated rings. The number of hydrogen-bond donors (Lipinski definition) is 0. The zero-order valence-corrected chi connectivity index (χ0v) is 8.96. The SMILES string of the molecule is O=Pc1ccc2ccccc2c1P=O. The van der Waals surface area contributed by atoms with Crippen LogP contribution in [0, 0.1) is 0 Å². The van der Waals surface area contributed by atoms with Crippen molar-refractivity contribution in [3.05, 3.63) is 36.4 Å². The lowest BCUT2D eigenvalue weighted by atomic mass is 10.1. The van der Waals surface area contributed by atoms with Crippen LogP contribution < -0.4 is 10.6 Å². The third-order valence-electron chi connectivity index (χ3n) is 2.07. The first-order valence-electron chi connectivity index (χ1n) is 4.05. The Bertz CT molecular complexity index is 508. The van der Waals surface area contributed by atoms with E-state index >= 15 is 0 Å². The highest BCUT2D eigenvalue weighted by molar-refractivity contribution is 7.42. The van der Waals surface area contributed by atoms with E-state index in [1.807, 2.05) is 30.3 Å². The van der Waals surface area contributed by atoms with Gasteiger partial charge in [-0.3, -0.25) is 9.13 Å². The van der Waals surface area contributed by atoms with Gasteiger partial charge in [0.25, 0.3) is 0 Å². The molecule has 0 atom stereocenters. The first kappa shape index (κ1) is 9.45. The van der Waals surface area contributed by atoms with Gasteiger partial charge in [0.05, 0.1) is 10.6 Å². The second kappa shape index (κ2) is 3.96. The summed E-state index contributed by atoms with van der Waals surface area (Å²) in [6.07, 6.45) is 0. The van der Waals surface area contributed by atoms with Gasteiger partial charge in [0, 0.05) is 0 Å². The summed E-state index contributed by atoms with van der Waals surface area (Å²) in [5.41, 5.74) is 0. The maximum atomic E-state index is 11.0. The lowest BCUT2D eigenvalue weighted by Crippen LogP contribution is -2.12. The van der Waals surface area contributed by atoms with Gasteiger partial charge in [-0.2, -0.15) is 0 Å². The summed E-state index contributed by atoms with van der Waals surface area (Å²) in [4.78, 5) is 0. The molecule has 0 bridgehead atoms. The molecule has 0 unspecified atom stereocenters. The third-order valence-corrected chi connectivity index (χ3v) is 3.48. The van der Waals surface area contributed by atoms with Crippen molar-refractivity contribution in [2.45, 2.75) is 0 Å². The van der Waals surface area contributed by atoms with Crippen LogP contribution in [0.15, 0.2) is 36.4 Å². The van der Waals surface area contributed by atoms with E-state index in [4.69, 9.17) is 0 Å². The summed E-state index contributed by atoms with van der Waals surface area (Å²) in [7, 11) is -0.177. The second-order valence-corrected chi connectivity index (χ2v) is 4.13.